The van der Waals surface area contributed by atoms with Gasteiger partial charge in [0.15, 0.2) is 0 Å². The minimum Gasteiger partial charge on any atom is -0.377 e. The van der Waals surface area contributed by atoms with Gasteiger partial charge in [-0.25, -0.2) is 0 Å². The predicted octanol–water partition coefficient (Wildman–Crippen LogP) is 2.15. The van der Waals surface area contributed by atoms with E-state index in [4.69, 9.17) is 4.74 Å². The van der Waals surface area contributed by atoms with Crippen LogP contribution in [0.15, 0.2) is 30.3 Å². The number of benzene rings is 1. The van der Waals surface area contributed by atoms with Crippen LogP contribution in [-0.4, -0.2) is 54.6 Å². The van der Waals surface area contributed by atoms with E-state index in [-0.39, 0.29) is 12.0 Å². The van der Waals surface area contributed by atoms with Crippen molar-refractivity contribution in [2.75, 3.05) is 32.8 Å². The van der Waals surface area contributed by atoms with Crippen molar-refractivity contribution in [1.82, 2.24) is 9.80 Å². The molecule has 3 aliphatic heterocycles. The fraction of sp³-hybridized carbons (Fsp3) is 0.632. The maximum absolute atomic E-state index is 13.0. The second kappa shape index (κ2) is 6.62. The van der Waals surface area contributed by atoms with E-state index in [2.05, 4.69) is 40.1 Å². The summed E-state index contributed by atoms with van der Waals surface area (Å²) < 4.78 is 5.96. The highest BCUT2D eigenvalue weighted by atomic mass is 16.5. The first-order valence-corrected chi connectivity index (χ1v) is 8.98. The minimum atomic E-state index is 0.123. The predicted molar refractivity (Wildman–Crippen MR) is 88.9 cm³/mol. The lowest BCUT2D eigenvalue weighted by Crippen LogP contribution is -2.52. The highest BCUT2D eigenvalue weighted by molar-refractivity contribution is 5.80. The standard InChI is InChI=1S/C19H26N2O2/c22-19(21-9-4-5-10-21)17-13-20(12-15-6-2-1-3-7-15)14-18-16(17)8-11-23-18/h1-3,6-7,16-18H,4-5,8-14H2/t16-,17-,18+/m0/s1. The maximum atomic E-state index is 13.0. The molecule has 3 heterocycles. The lowest BCUT2D eigenvalue weighted by molar-refractivity contribution is -0.140. The molecule has 3 atom stereocenters. The molecule has 0 aromatic heterocycles. The van der Waals surface area contributed by atoms with Gasteiger partial charge in [-0.3, -0.25) is 9.69 Å². The molecule has 1 aromatic carbocycles. The Morgan fingerprint density at radius 1 is 1.13 bits per heavy atom. The lowest BCUT2D eigenvalue weighted by Gasteiger charge is -2.40. The van der Waals surface area contributed by atoms with Gasteiger partial charge in [0.25, 0.3) is 0 Å². The van der Waals surface area contributed by atoms with Crippen LogP contribution in [0.4, 0.5) is 0 Å². The molecule has 0 spiro atoms. The van der Waals surface area contributed by atoms with E-state index >= 15 is 0 Å². The second-order valence-electron chi connectivity index (χ2n) is 7.18. The number of rotatable bonds is 3. The molecule has 23 heavy (non-hydrogen) atoms. The number of likely N-dealkylation sites (tertiary alicyclic amines) is 2. The summed E-state index contributed by atoms with van der Waals surface area (Å²) in [5.74, 6) is 0.925. The molecule has 3 aliphatic rings. The maximum Gasteiger partial charge on any atom is 0.227 e. The Morgan fingerprint density at radius 3 is 2.70 bits per heavy atom. The van der Waals surface area contributed by atoms with E-state index in [0.717, 1.165) is 58.6 Å². The summed E-state index contributed by atoms with van der Waals surface area (Å²) in [6.07, 6.45) is 3.62. The number of carbonyl (C=O) groups is 1. The Labute approximate surface area is 138 Å². The summed E-state index contributed by atoms with van der Waals surface area (Å²) in [5, 5.41) is 0. The van der Waals surface area contributed by atoms with Crippen molar-refractivity contribution in [3.63, 3.8) is 0 Å². The molecule has 0 bridgehead atoms. The summed E-state index contributed by atoms with van der Waals surface area (Å²) in [6, 6.07) is 10.6. The Hall–Kier alpha value is -1.39. The van der Waals surface area contributed by atoms with Crippen molar-refractivity contribution >= 4 is 5.91 Å². The first-order chi connectivity index (χ1) is 11.3. The summed E-state index contributed by atoms with van der Waals surface area (Å²) in [6.45, 7) is 5.48. The molecule has 4 rings (SSSR count). The van der Waals surface area contributed by atoms with E-state index in [0.29, 0.717) is 11.8 Å². The molecule has 0 saturated carbocycles. The van der Waals surface area contributed by atoms with E-state index < -0.39 is 0 Å². The Morgan fingerprint density at radius 2 is 1.91 bits per heavy atom. The van der Waals surface area contributed by atoms with Gasteiger partial charge >= 0.3 is 0 Å². The molecule has 0 aliphatic carbocycles. The Kier molecular flexibility index (Phi) is 4.36. The molecule has 0 unspecified atom stereocenters. The zero-order chi connectivity index (χ0) is 15.6. The topological polar surface area (TPSA) is 32.8 Å². The Bertz CT molecular complexity index is 542. The van der Waals surface area contributed by atoms with Crippen LogP contribution in [0.2, 0.25) is 0 Å². The average molecular weight is 314 g/mol. The van der Waals surface area contributed by atoms with Crippen molar-refractivity contribution in [2.45, 2.75) is 31.9 Å². The molecule has 4 nitrogen and oxygen atoms in total. The second-order valence-corrected chi connectivity index (χ2v) is 7.18. The van der Waals surface area contributed by atoms with Crippen LogP contribution in [-0.2, 0) is 16.1 Å². The van der Waals surface area contributed by atoms with E-state index in [1.54, 1.807) is 0 Å². The minimum absolute atomic E-state index is 0.123. The Balaban J connectivity index is 1.49. The summed E-state index contributed by atoms with van der Waals surface area (Å²) >= 11 is 0. The third-order valence-electron chi connectivity index (χ3n) is 5.65. The van der Waals surface area contributed by atoms with E-state index in [1.165, 1.54) is 5.56 Å². The third kappa shape index (κ3) is 3.15. The molecular weight excluding hydrogens is 288 g/mol. The first kappa shape index (κ1) is 15.2. The average Bonchev–Trinajstić information content (AvgIpc) is 3.26. The van der Waals surface area contributed by atoms with E-state index in [1.807, 2.05) is 0 Å². The van der Waals surface area contributed by atoms with Crippen LogP contribution in [0.25, 0.3) is 0 Å². The number of carbonyl (C=O) groups excluding carboxylic acids is 1. The number of fused-ring (bicyclic) bond motifs is 1. The largest absolute Gasteiger partial charge is 0.377 e. The quantitative estimate of drug-likeness (QED) is 0.857. The molecule has 0 radical (unpaired) electrons. The normalized spacial score (nSPS) is 31.3. The number of ether oxygens (including phenoxy) is 1. The molecule has 1 aromatic rings. The van der Waals surface area contributed by atoms with Gasteiger partial charge in [-0.2, -0.15) is 0 Å². The first-order valence-electron chi connectivity index (χ1n) is 8.98. The lowest BCUT2D eigenvalue weighted by atomic mass is 9.81. The summed E-state index contributed by atoms with van der Waals surface area (Å²) in [5.41, 5.74) is 1.32. The van der Waals surface area contributed by atoms with Gasteiger partial charge < -0.3 is 9.64 Å². The zero-order valence-electron chi connectivity index (χ0n) is 13.7. The van der Waals surface area contributed by atoms with Gasteiger partial charge in [0.2, 0.25) is 5.91 Å². The van der Waals surface area contributed by atoms with Crippen molar-refractivity contribution in [3.8, 4) is 0 Å². The molecule has 3 fully saturated rings. The monoisotopic (exact) mass is 314 g/mol. The number of hydrogen-bond acceptors (Lipinski definition) is 3. The number of hydrogen-bond donors (Lipinski definition) is 0. The van der Waals surface area contributed by atoms with Crippen LogP contribution in [0.3, 0.4) is 0 Å². The third-order valence-corrected chi connectivity index (χ3v) is 5.65. The number of nitrogens with zero attached hydrogens (tertiary/aromatic N) is 2. The van der Waals surface area contributed by atoms with Crippen LogP contribution >= 0.6 is 0 Å². The molecule has 1 amide bonds. The van der Waals surface area contributed by atoms with Gasteiger partial charge in [-0.15, -0.1) is 0 Å². The van der Waals surface area contributed by atoms with Crippen LogP contribution in [0.1, 0.15) is 24.8 Å². The fourth-order valence-corrected chi connectivity index (χ4v) is 4.46. The summed E-state index contributed by atoms with van der Waals surface area (Å²) in [4.78, 5) is 17.5. The molecule has 3 saturated heterocycles. The van der Waals surface area contributed by atoms with Crippen molar-refractivity contribution in [3.05, 3.63) is 35.9 Å². The van der Waals surface area contributed by atoms with Gasteiger partial charge in [0.05, 0.1) is 12.0 Å². The smallest absolute Gasteiger partial charge is 0.227 e. The van der Waals surface area contributed by atoms with Crippen molar-refractivity contribution in [2.24, 2.45) is 11.8 Å². The highest BCUT2D eigenvalue weighted by Crippen LogP contribution is 2.35. The molecule has 0 N–H and O–H groups in total. The van der Waals surface area contributed by atoms with E-state index in [9.17, 15) is 4.79 Å². The van der Waals surface area contributed by atoms with Gasteiger partial charge in [-0.1, -0.05) is 30.3 Å². The van der Waals surface area contributed by atoms with Crippen molar-refractivity contribution < 1.29 is 9.53 Å². The number of amides is 1. The van der Waals surface area contributed by atoms with Gasteiger partial charge in [0.1, 0.15) is 0 Å². The SMILES string of the molecule is O=C([C@H]1CN(Cc2ccccc2)C[C@H]2OCC[C@@H]12)N1CCCC1. The molecule has 4 heteroatoms. The van der Waals surface area contributed by atoms with Gasteiger partial charge in [-0.05, 0) is 24.8 Å². The van der Waals surface area contributed by atoms with Crippen molar-refractivity contribution in [1.29, 1.82) is 0 Å². The van der Waals surface area contributed by atoms with Crippen LogP contribution in [0, 0.1) is 11.8 Å². The van der Waals surface area contributed by atoms with Crippen LogP contribution < -0.4 is 0 Å². The fourth-order valence-electron chi connectivity index (χ4n) is 4.46. The zero-order valence-corrected chi connectivity index (χ0v) is 13.7. The molecular formula is C19H26N2O2. The van der Waals surface area contributed by atoms with Gasteiger partial charge in [0, 0.05) is 45.2 Å². The summed E-state index contributed by atoms with van der Waals surface area (Å²) in [7, 11) is 0. The highest BCUT2D eigenvalue weighted by Gasteiger charge is 2.45. The van der Waals surface area contributed by atoms with Crippen LogP contribution in [0.5, 0.6) is 0 Å². The molecule has 124 valence electrons. The number of piperidine rings is 1.